The Balaban J connectivity index is 1.53. The summed E-state index contributed by atoms with van der Waals surface area (Å²) in [5.74, 6) is -0.0318. The quantitative estimate of drug-likeness (QED) is 0.437. The van der Waals surface area contributed by atoms with Gasteiger partial charge in [0.25, 0.3) is 5.91 Å². The maximum Gasteiger partial charge on any atom is 0.273 e. The van der Waals surface area contributed by atoms with Gasteiger partial charge >= 0.3 is 0 Å². The molecule has 1 heterocycles. The minimum atomic E-state index is -0.814. The number of methoxy groups -OCH3 is 1. The molecule has 0 saturated heterocycles. The Kier molecular flexibility index (Phi) is 8.15. The van der Waals surface area contributed by atoms with Crippen molar-refractivity contribution in [1.29, 1.82) is 0 Å². The van der Waals surface area contributed by atoms with Gasteiger partial charge < -0.3 is 15.4 Å². The number of hydrogen-bond donors (Lipinski definition) is 2. The van der Waals surface area contributed by atoms with Crippen molar-refractivity contribution in [3.05, 3.63) is 59.5 Å². The zero-order valence-electron chi connectivity index (χ0n) is 22.1. The SMILES string of the molecule is COc1ccc(CNC(=O)C(NC(=O)c2nn(CC3CCCCC3)c3c(F)cccc23)C(C)(C)C)cc1. The fraction of sp³-hybridized carbons (Fsp3) is 0.483. The predicted molar refractivity (Wildman–Crippen MR) is 142 cm³/mol. The van der Waals surface area contributed by atoms with Gasteiger partial charge in [-0.1, -0.05) is 64.3 Å². The molecule has 198 valence electrons. The molecular weight excluding hydrogens is 471 g/mol. The fourth-order valence-electron chi connectivity index (χ4n) is 5.02. The first-order valence-corrected chi connectivity index (χ1v) is 13.0. The van der Waals surface area contributed by atoms with Crippen LogP contribution in [0.5, 0.6) is 5.75 Å². The van der Waals surface area contributed by atoms with E-state index in [1.807, 2.05) is 45.0 Å². The standard InChI is InChI=1S/C29H37FN4O3/c1-29(2,3)26(28(36)31-17-19-13-15-21(37-4)16-14-19)32-27(35)24-22-11-8-12-23(30)25(22)34(33-24)18-20-9-6-5-7-10-20/h8,11-16,20,26H,5-7,9-10,17-18H2,1-4H3,(H,31,36)(H,32,35). The number of amides is 2. The van der Waals surface area contributed by atoms with E-state index in [1.54, 1.807) is 23.9 Å². The number of nitrogens with one attached hydrogen (secondary N) is 2. The number of fused-ring (bicyclic) bond motifs is 1. The Labute approximate surface area is 217 Å². The number of benzene rings is 2. The van der Waals surface area contributed by atoms with E-state index in [9.17, 15) is 14.0 Å². The number of halogens is 1. The van der Waals surface area contributed by atoms with Gasteiger partial charge in [-0.05, 0) is 47.9 Å². The number of nitrogens with zero attached hydrogens (tertiary/aromatic N) is 2. The minimum Gasteiger partial charge on any atom is -0.497 e. The van der Waals surface area contributed by atoms with E-state index in [1.165, 1.54) is 25.3 Å². The molecule has 1 aliphatic carbocycles. The van der Waals surface area contributed by atoms with E-state index in [4.69, 9.17) is 4.74 Å². The summed E-state index contributed by atoms with van der Waals surface area (Å²) in [5, 5.41) is 10.8. The lowest BCUT2D eigenvalue weighted by atomic mass is 9.86. The molecule has 1 saturated carbocycles. The number of aromatic nitrogens is 2. The number of para-hydroxylation sites is 1. The average molecular weight is 509 g/mol. The average Bonchev–Trinajstić information content (AvgIpc) is 3.25. The van der Waals surface area contributed by atoms with Crippen molar-refractivity contribution in [1.82, 2.24) is 20.4 Å². The molecule has 2 N–H and O–H groups in total. The summed E-state index contributed by atoms with van der Waals surface area (Å²) in [6.45, 7) is 6.57. The molecule has 0 bridgehead atoms. The number of hydrogen-bond acceptors (Lipinski definition) is 4. The Hall–Kier alpha value is -3.42. The van der Waals surface area contributed by atoms with Crippen LogP contribution in [-0.4, -0.2) is 34.7 Å². The summed E-state index contributed by atoms with van der Waals surface area (Å²) in [6, 6.07) is 11.3. The van der Waals surface area contributed by atoms with Gasteiger partial charge in [0.05, 0.1) is 7.11 Å². The third-order valence-electron chi connectivity index (χ3n) is 7.12. The van der Waals surface area contributed by atoms with Gasteiger partial charge in [-0.3, -0.25) is 14.3 Å². The van der Waals surface area contributed by atoms with E-state index in [0.717, 1.165) is 24.2 Å². The molecule has 1 unspecified atom stereocenters. The van der Waals surface area contributed by atoms with Crippen molar-refractivity contribution in [2.45, 2.75) is 72.0 Å². The van der Waals surface area contributed by atoms with Gasteiger partial charge in [-0.15, -0.1) is 0 Å². The highest BCUT2D eigenvalue weighted by Crippen LogP contribution is 2.29. The van der Waals surface area contributed by atoms with E-state index in [-0.39, 0.29) is 11.6 Å². The van der Waals surface area contributed by atoms with E-state index in [2.05, 4.69) is 15.7 Å². The van der Waals surface area contributed by atoms with Gasteiger partial charge in [0.1, 0.15) is 23.1 Å². The first kappa shape index (κ1) is 26.6. The highest BCUT2D eigenvalue weighted by atomic mass is 19.1. The highest BCUT2D eigenvalue weighted by Gasteiger charge is 2.34. The zero-order chi connectivity index (χ0) is 26.6. The molecule has 2 aromatic carbocycles. The van der Waals surface area contributed by atoms with E-state index < -0.39 is 23.2 Å². The van der Waals surface area contributed by atoms with Crippen molar-refractivity contribution >= 4 is 22.7 Å². The molecule has 4 rings (SSSR count). The Bertz CT molecular complexity index is 1240. The van der Waals surface area contributed by atoms with Crippen LogP contribution in [0, 0.1) is 17.2 Å². The molecule has 3 aromatic rings. The maximum atomic E-state index is 14.9. The van der Waals surface area contributed by atoms with Crippen LogP contribution in [0.4, 0.5) is 4.39 Å². The number of rotatable bonds is 8. The Morgan fingerprint density at radius 1 is 1.11 bits per heavy atom. The van der Waals surface area contributed by atoms with Gasteiger partial charge in [0.2, 0.25) is 5.91 Å². The lowest BCUT2D eigenvalue weighted by molar-refractivity contribution is -0.125. The van der Waals surface area contributed by atoms with Crippen molar-refractivity contribution in [2.24, 2.45) is 11.3 Å². The third-order valence-corrected chi connectivity index (χ3v) is 7.12. The Morgan fingerprint density at radius 2 is 1.81 bits per heavy atom. The smallest absolute Gasteiger partial charge is 0.273 e. The molecule has 0 radical (unpaired) electrons. The molecular formula is C29H37FN4O3. The van der Waals surface area contributed by atoms with Crippen molar-refractivity contribution < 1.29 is 18.7 Å². The molecule has 0 aliphatic heterocycles. The van der Waals surface area contributed by atoms with Crippen LogP contribution in [0.3, 0.4) is 0 Å². The molecule has 0 spiro atoms. The molecule has 1 aliphatic rings. The molecule has 2 amide bonds. The third kappa shape index (κ3) is 6.29. The van der Waals surface area contributed by atoms with Gasteiger partial charge in [0.15, 0.2) is 5.69 Å². The minimum absolute atomic E-state index is 0.141. The monoisotopic (exact) mass is 508 g/mol. The summed E-state index contributed by atoms with van der Waals surface area (Å²) in [5.41, 5.74) is 0.832. The molecule has 8 heteroatoms. The molecule has 1 aromatic heterocycles. The fourth-order valence-corrected chi connectivity index (χ4v) is 5.02. The first-order chi connectivity index (χ1) is 17.7. The van der Waals surface area contributed by atoms with Gasteiger partial charge in [0, 0.05) is 18.5 Å². The van der Waals surface area contributed by atoms with Crippen LogP contribution in [0.2, 0.25) is 0 Å². The van der Waals surface area contributed by atoms with E-state index >= 15 is 0 Å². The number of ether oxygens (including phenoxy) is 1. The summed E-state index contributed by atoms with van der Waals surface area (Å²) >= 11 is 0. The van der Waals surface area contributed by atoms with Crippen LogP contribution in [0.15, 0.2) is 42.5 Å². The van der Waals surface area contributed by atoms with Crippen LogP contribution in [0.25, 0.3) is 10.9 Å². The van der Waals surface area contributed by atoms with Crippen molar-refractivity contribution in [2.75, 3.05) is 7.11 Å². The van der Waals surface area contributed by atoms with Crippen LogP contribution < -0.4 is 15.4 Å². The van der Waals surface area contributed by atoms with Gasteiger partial charge in [-0.25, -0.2) is 4.39 Å². The second-order valence-corrected chi connectivity index (χ2v) is 11.0. The number of carbonyl (C=O) groups is 2. The summed E-state index contributed by atoms with van der Waals surface area (Å²) in [7, 11) is 1.60. The Morgan fingerprint density at radius 3 is 2.46 bits per heavy atom. The lowest BCUT2D eigenvalue weighted by Gasteiger charge is -2.30. The van der Waals surface area contributed by atoms with Crippen molar-refractivity contribution in [3.8, 4) is 5.75 Å². The molecule has 1 fully saturated rings. The first-order valence-electron chi connectivity index (χ1n) is 13.0. The second kappa shape index (κ2) is 11.3. The van der Waals surface area contributed by atoms with Crippen molar-refractivity contribution in [3.63, 3.8) is 0 Å². The largest absolute Gasteiger partial charge is 0.497 e. The van der Waals surface area contributed by atoms with E-state index in [0.29, 0.717) is 29.9 Å². The van der Waals surface area contributed by atoms with Crippen LogP contribution in [0.1, 0.15) is 68.9 Å². The second-order valence-electron chi connectivity index (χ2n) is 11.0. The highest BCUT2D eigenvalue weighted by molar-refractivity contribution is 6.06. The topological polar surface area (TPSA) is 85.2 Å². The normalized spacial score (nSPS) is 15.4. The zero-order valence-corrected chi connectivity index (χ0v) is 22.1. The summed E-state index contributed by atoms with van der Waals surface area (Å²) in [4.78, 5) is 26.7. The summed E-state index contributed by atoms with van der Waals surface area (Å²) < 4.78 is 21.7. The van der Waals surface area contributed by atoms with Crippen LogP contribution in [-0.2, 0) is 17.9 Å². The summed E-state index contributed by atoms with van der Waals surface area (Å²) in [6.07, 6.45) is 5.72. The number of carbonyl (C=O) groups excluding carboxylic acids is 2. The van der Waals surface area contributed by atoms with Gasteiger partial charge in [-0.2, -0.15) is 5.10 Å². The molecule has 37 heavy (non-hydrogen) atoms. The molecule has 7 nitrogen and oxygen atoms in total. The van der Waals surface area contributed by atoms with Crippen LogP contribution >= 0.6 is 0 Å². The predicted octanol–water partition coefficient (Wildman–Crippen LogP) is 5.23. The maximum absolute atomic E-state index is 14.9. The molecule has 1 atom stereocenters. The lowest BCUT2D eigenvalue weighted by Crippen LogP contribution is -2.53.